The zero-order valence-electron chi connectivity index (χ0n) is 10.0. The molecule has 94 valence electrons. The highest BCUT2D eigenvalue weighted by Gasteiger charge is 2.05. The summed E-state index contributed by atoms with van der Waals surface area (Å²) in [5.74, 6) is 0.324. The van der Waals surface area contributed by atoms with Crippen LogP contribution in [0.4, 0.5) is 11.4 Å². The van der Waals surface area contributed by atoms with Crippen molar-refractivity contribution in [1.29, 1.82) is 0 Å². The van der Waals surface area contributed by atoms with Gasteiger partial charge in [-0.15, -0.1) is 0 Å². The number of hydrogen-bond donors (Lipinski definition) is 3. The van der Waals surface area contributed by atoms with Gasteiger partial charge in [-0.3, -0.25) is 4.79 Å². The average molecular weight is 237 g/mol. The van der Waals surface area contributed by atoms with Crippen LogP contribution >= 0.6 is 0 Å². The molecule has 1 rings (SSSR count). The summed E-state index contributed by atoms with van der Waals surface area (Å²) < 4.78 is 5.50. The minimum absolute atomic E-state index is 0.277. The van der Waals surface area contributed by atoms with Crippen LogP contribution in [0.15, 0.2) is 18.2 Å². The summed E-state index contributed by atoms with van der Waals surface area (Å²) in [6.45, 7) is 3.14. The van der Waals surface area contributed by atoms with Crippen molar-refractivity contribution in [3.8, 4) is 5.75 Å². The van der Waals surface area contributed by atoms with Crippen LogP contribution in [0.25, 0.3) is 0 Å². The summed E-state index contributed by atoms with van der Waals surface area (Å²) in [5, 5.41) is 3.06. The van der Waals surface area contributed by atoms with Crippen molar-refractivity contribution < 1.29 is 9.53 Å². The Kier molecular flexibility index (Phi) is 5.13. The van der Waals surface area contributed by atoms with Crippen molar-refractivity contribution in [3.63, 3.8) is 0 Å². The van der Waals surface area contributed by atoms with Crippen LogP contribution in [0.3, 0.4) is 0 Å². The van der Waals surface area contributed by atoms with E-state index in [-0.39, 0.29) is 12.3 Å². The summed E-state index contributed by atoms with van der Waals surface area (Å²) in [4.78, 5) is 10.6. The van der Waals surface area contributed by atoms with Crippen LogP contribution in [0, 0.1) is 0 Å². The molecule has 5 heteroatoms. The Morgan fingerprint density at radius 3 is 2.88 bits per heavy atom. The van der Waals surface area contributed by atoms with Gasteiger partial charge in [0.15, 0.2) is 0 Å². The predicted octanol–water partition coefficient (Wildman–Crippen LogP) is 1.34. The Balaban J connectivity index is 2.62. The number of anilines is 2. The number of nitrogens with two attached hydrogens (primary N) is 2. The SMILES string of the molecule is CCCOc1cccc(NCCC(N)=O)c1N. The van der Waals surface area contributed by atoms with Crippen LogP contribution in [0.5, 0.6) is 5.75 Å². The van der Waals surface area contributed by atoms with Crippen molar-refractivity contribution >= 4 is 17.3 Å². The molecule has 0 saturated carbocycles. The fraction of sp³-hybridized carbons (Fsp3) is 0.417. The first-order valence-corrected chi connectivity index (χ1v) is 5.68. The number of para-hydroxylation sites is 1. The van der Waals surface area contributed by atoms with Gasteiger partial charge in [-0.05, 0) is 18.6 Å². The largest absolute Gasteiger partial charge is 0.491 e. The van der Waals surface area contributed by atoms with Crippen molar-refractivity contribution in [1.82, 2.24) is 0 Å². The molecule has 0 aliphatic heterocycles. The molecule has 0 aliphatic rings. The Morgan fingerprint density at radius 1 is 1.47 bits per heavy atom. The van der Waals surface area contributed by atoms with Gasteiger partial charge in [0, 0.05) is 13.0 Å². The highest BCUT2D eigenvalue weighted by Crippen LogP contribution is 2.29. The molecular weight excluding hydrogens is 218 g/mol. The first kappa shape index (κ1) is 13.2. The summed E-state index contributed by atoms with van der Waals surface area (Å²) in [6.07, 6.45) is 1.21. The molecule has 5 nitrogen and oxygen atoms in total. The fourth-order valence-corrected chi connectivity index (χ4v) is 1.36. The number of benzene rings is 1. The van der Waals surface area contributed by atoms with E-state index in [1.165, 1.54) is 0 Å². The Hall–Kier alpha value is -1.91. The summed E-state index contributed by atoms with van der Waals surface area (Å²) in [6, 6.07) is 5.52. The second kappa shape index (κ2) is 6.62. The highest BCUT2D eigenvalue weighted by molar-refractivity contribution is 5.76. The summed E-state index contributed by atoms with van der Waals surface area (Å²) in [7, 11) is 0. The van der Waals surface area contributed by atoms with Gasteiger partial charge in [0.1, 0.15) is 5.75 Å². The molecular formula is C12H19N3O2. The lowest BCUT2D eigenvalue weighted by Crippen LogP contribution is -2.16. The van der Waals surface area contributed by atoms with E-state index in [0.29, 0.717) is 24.6 Å². The fourth-order valence-electron chi connectivity index (χ4n) is 1.36. The van der Waals surface area contributed by atoms with Gasteiger partial charge in [-0.1, -0.05) is 13.0 Å². The van der Waals surface area contributed by atoms with Crippen molar-refractivity contribution in [2.75, 3.05) is 24.2 Å². The third-order valence-electron chi connectivity index (χ3n) is 2.21. The van der Waals surface area contributed by atoms with Crippen molar-refractivity contribution in [2.45, 2.75) is 19.8 Å². The van der Waals surface area contributed by atoms with Crippen LogP contribution < -0.4 is 21.5 Å². The quantitative estimate of drug-likeness (QED) is 0.624. The molecule has 0 unspecified atom stereocenters. The van der Waals surface area contributed by atoms with Gasteiger partial charge in [0.05, 0.1) is 18.0 Å². The molecule has 0 aromatic heterocycles. The molecule has 5 N–H and O–H groups in total. The van der Waals surface area contributed by atoms with E-state index >= 15 is 0 Å². The maximum absolute atomic E-state index is 10.6. The zero-order valence-corrected chi connectivity index (χ0v) is 10.0. The molecule has 0 fully saturated rings. The molecule has 0 radical (unpaired) electrons. The first-order chi connectivity index (χ1) is 8.15. The second-order valence-corrected chi connectivity index (χ2v) is 3.71. The molecule has 0 saturated heterocycles. The van der Waals surface area contributed by atoms with E-state index < -0.39 is 0 Å². The Labute approximate surface area is 101 Å². The van der Waals surface area contributed by atoms with Gasteiger partial charge in [-0.25, -0.2) is 0 Å². The predicted molar refractivity (Wildman–Crippen MR) is 68.9 cm³/mol. The number of amides is 1. The number of carbonyl (C=O) groups is 1. The summed E-state index contributed by atoms with van der Waals surface area (Å²) in [5.41, 5.74) is 12.3. The maximum atomic E-state index is 10.6. The van der Waals surface area contributed by atoms with E-state index in [4.69, 9.17) is 16.2 Å². The molecule has 0 spiro atoms. The highest BCUT2D eigenvalue weighted by atomic mass is 16.5. The van der Waals surface area contributed by atoms with Crippen LogP contribution in [-0.2, 0) is 4.79 Å². The van der Waals surface area contributed by atoms with Crippen LogP contribution in [-0.4, -0.2) is 19.1 Å². The van der Waals surface area contributed by atoms with Crippen molar-refractivity contribution in [3.05, 3.63) is 18.2 Å². The molecule has 0 atom stereocenters. The first-order valence-electron chi connectivity index (χ1n) is 5.68. The molecule has 17 heavy (non-hydrogen) atoms. The standard InChI is InChI=1S/C12H19N3O2/c1-2-8-17-10-5-3-4-9(12(10)14)15-7-6-11(13)16/h3-5,15H,2,6-8,14H2,1H3,(H2,13,16). The second-order valence-electron chi connectivity index (χ2n) is 3.71. The lowest BCUT2D eigenvalue weighted by atomic mass is 10.2. The number of carbonyl (C=O) groups excluding carboxylic acids is 1. The number of ether oxygens (including phenoxy) is 1. The van der Waals surface area contributed by atoms with Gasteiger partial charge >= 0.3 is 0 Å². The monoisotopic (exact) mass is 237 g/mol. The number of nitrogen functional groups attached to an aromatic ring is 1. The third-order valence-corrected chi connectivity index (χ3v) is 2.21. The molecule has 1 aromatic rings. The van der Waals surface area contributed by atoms with E-state index in [1.54, 1.807) is 0 Å². The average Bonchev–Trinajstić information content (AvgIpc) is 2.29. The van der Waals surface area contributed by atoms with Crippen molar-refractivity contribution in [2.24, 2.45) is 5.73 Å². The minimum Gasteiger partial charge on any atom is -0.491 e. The van der Waals surface area contributed by atoms with E-state index in [1.807, 2.05) is 25.1 Å². The van der Waals surface area contributed by atoms with Gasteiger partial charge in [-0.2, -0.15) is 0 Å². The van der Waals surface area contributed by atoms with Gasteiger partial charge in [0.2, 0.25) is 5.91 Å². The van der Waals surface area contributed by atoms with E-state index in [9.17, 15) is 4.79 Å². The summed E-state index contributed by atoms with van der Waals surface area (Å²) >= 11 is 0. The normalized spacial score (nSPS) is 9.94. The van der Waals surface area contributed by atoms with Gasteiger partial charge < -0.3 is 21.5 Å². The zero-order chi connectivity index (χ0) is 12.7. The molecule has 0 bridgehead atoms. The van der Waals surface area contributed by atoms with Crippen LogP contribution in [0.2, 0.25) is 0 Å². The molecule has 0 aliphatic carbocycles. The van der Waals surface area contributed by atoms with E-state index in [2.05, 4.69) is 5.32 Å². The smallest absolute Gasteiger partial charge is 0.219 e. The lowest BCUT2D eigenvalue weighted by molar-refractivity contribution is -0.117. The number of hydrogen-bond acceptors (Lipinski definition) is 4. The Morgan fingerprint density at radius 2 is 2.24 bits per heavy atom. The lowest BCUT2D eigenvalue weighted by Gasteiger charge is -2.13. The molecule has 1 amide bonds. The number of rotatable bonds is 7. The van der Waals surface area contributed by atoms with Gasteiger partial charge in [0.25, 0.3) is 0 Å². The maximum Gasteiger partial charge on any atom is 0.219 e. The topological polar surface area (TPSA) is 90.4 Å². The van der Waals surface area contributed by atoms with E-state index in [0.717, 1.165) is 12.1 Å². The minimum atomic E-state index is -0.338. The number of nitrogens with one attached hydrogen (secondary N) is 1. The third kappa shape index (κ3) is 4.22. The molecule has 1 aromatic carbocycles. The van der Waals surface area contributed by atoms with Crippen LogP contribution in [0.1, 0.15) is 19.8 Å². The number of primary amides is 1. The molecule has 0 heterocycles. The Bertz CT molecular complexity index is 380.